The Bertz CT molecular complexity index is 589. The quantitative estimate of drug-likeness (QED) is 0.674. The van der Waals surface area contributed by atoms with Gasteiger partial charge in [0, 0.05) is 11.1 Å². The summed E-state index contributed by atoms with van der Waals surface area (Å²) in [7, 11) is 0. The van der Waals surface area contributed by atoms with Gasteiger partial charge in [-0.15, -0.1) is 0 Å². The first kappa shape index (κ1) is 12.3. The van der Waals surface area contributed by atoms with E-state index in [0.717, 1.165) is 16.7 Å². The Morgan fingerprint density at radius 2 is 1.50 bits per heavy atom. The number of rotatable bonds is 1. The van der Waals surface area contributed by atoms with Gasteiger partial charge in [-0.1, -0.05) is 18.2 Å². The first-order valence-electron chi connectivity index (χ1n) is 5.74. The molecule has 0 aromatic heterocycles. The van der Waals surface area contributed by atoms with Crippen LogP contribution in [0.4, 0.5) is 0 Å². The van der Waals surface area contributed by atoms with Crippen LogP contribution in [0.2, 0.25) is 0 Å². The van der Waals surface area contributed by atoms with E-state index in [9.17, 15) is 15.3 Å². The van der Waals surface area contributed by atoms with Crippen molar-refractivity contribution < 1.29 is 15.3 Å². The molecule has 0 amide bonds. The lowest BCUT2D eigenvalue weighted by atomic mass is 9.92. The molecule has 0 unspecified atom stereocenters. The number of aryl methyl sites for hydroxylation is 2. The van der Waals surface area contributed by atoms with Gasteiger partial charge in [0.1, 0.15) is 5.75 Å². The van der Waals surface area contributed by atoms with Crippen LogP contribution < -0.4 is 0 Å². The Labute approximate surface area is 106 Å². The third kappa shape index (κ3) is 1.78. The van der Waals surface area contributed by atoms with Crippen LogP contribution >= 0.6 is 0 Å². The van der Waals surface area contributed by atoms with Crippen LogP contribution in [0.1, 0.15) is 16.7 Å². The minimum absolute atomic E-state index is 0.138. The standard InChI is InChI=1S/C15H16O3/c1-8-7-9(2)14(17)13(10(8)3)11-5-4-6-12(16)15(11)18/h4-7,16-18H,1-3H3. The highest BCUT2D eigenvalue weighted by Gasteiger charge is 2.17. The molecular weight excluding hydrogens is 228 g/mol. The number of hydrogen-bond donors (Lipinski definition) is 3. The fourth-order valence-corrected chi connectivity index (χ4v) is 2.14. The molecule has 2 rings (SSSR count). The van der Waals surface area contributed by atoms with Gasteiger partial charge in [-0.05, 0) is 43.5 Å². The molecule has 0 aliphatic rings. The van der Waals surface area contributed by atoms with E-state index in [2.05, 4.69) is 0 Å². The monoisotopic (exact) mass is 244 g/mol. The molecule has 2 aromatic carbocycles. The molecule has 3 heteroatoms. The van der Waals surface area contributed by atoms with Crippen molar-refractivity contribution in [3.63, 3.8) is 0 Å². The summed E-state index contributed by atoms with van der Waals surface area (Å²) in [6.45, 7) is 5.64. The van der Waals surface area contributed by atoms with Gasteiger partial charge in [0.2, 0.25) is 0 Å². The molecule has 94 valence electrons. The van der Waals surface area contributed by atoms with Gasteiger partial charge in [0.05, 0.1) is 0 Å². The molecule has 0 spiro atoms. The van der Waals surface area contributed by atoms with E-state index in [1.54, 1.807) is 12.1 Å². The summed E-state index contributed by atoms with van der Waals surface area (Å²) in [5, 5.41) is 29.6. The molecule has 0 heterocycles. The van der Waals surface area contributed by atoms with Crippen molar-refractivity contribution in [2.45, 2.75) is 20.8 Å². The highest BCUT2D eigenvalue weighted by Crippen LogP contribution is 2.43. The number of benzene rings is 2. The zero-order valence-electron chi connectivity index (χ0n) is 10.7. The second-order valence-electron chi connectivity index (χ2n) is 4.53. The Kier molecular flexibility index (Phi) is 2.91. The summed E-state index contributed by atoms with van der Waals surface area (Å²) >= 11 is 0. The first-order chi connectivity index (χ1) is 8.43. The summed E-state index contributed by atoms with van der Waals surface area (Å²) in [4.78, 5) is 0. The summed E-state index contributed by atoms with van der Waals surface area (Å²) in [6, 6.07) is 6.62. The van der Waals surface area contributed by atoms with Crippen molar-refractivity contribution in [3.05, 3.63) is 41.0 Å². The maximum Gasteiger partial charge on any atom is 0.165 e. The molecule has 3 N–H and O–H groups in total. The molecule has 3 nitrogen and oxygen atoms in total. The van der Waals surface area contributed by atoms with Gasteiger partial charge in [-0.2, -0.15) is 0 Å². The van der Waals surface area contributed by atoms with Gasteiger partial charge in [0.25, 0.3) is 0 Å². The van der Waals surface area contributed by atoms with Crippen molar-refractivity contribution in [3.8, 4) is 28.4 Å². The zero-order valence-corrected chi connectivity index (χ0v) is 10.7. The van der Waals surface area contributed by atoms with Gasteiger partial charge in [-0.3, -0.25) is 0 Å². The van der Waals surface area contributed by atoms with E-state index in [-0.39, 0.29) is 17.2 Å². The van der Waals surface area contributed by atoms with Crippen LogP contribution in [0.15, 0.2) is 24.3 Å². The minimum atomic E-state index is -0.207. The molecular formula is C15H16O3. The third-order valence-corrected chi connectivity index (χ3v) is 3.29. The topological polar surface area (TPSA) is 60.7 Å². The van der Waals surface area contributed by atoms with E-state index in [1.807, 2.05) is 26.8 Å². The van der Waals surface area contributed by atoms with Gasteiger partial charge in [-0.25, -0.2) is 0 Å². The number of hydrogen-bond acceptors (Lipinski definition) is 3. The van der Waals surface area contributed by atoms with Crippen molar-refractivity contribution in [1.29, 1.82) is 0 Å². The highest BCUT2D eigenvalue weighted by molar-refractivity contribution is 5.81. The second-order valence-corrected chi connectivity index (χ2v) is 4.53. The Balaban J connectivity index is 2.83. The average Bonchev–Trinajstić information content (AvgIpc) is 2.32. The fourth-order valence-electron chi connectivity index (χ4n) is 2.14. The smallest absolute Gasteiger partial charge is 0.165 e. The van der Waals surface area contributed by atoms with E-state index in [0.29, 0.717) is 11.1 Å². The van der Waals surface area contributed by atoms with Gasteiger partial charge >= 0.3 is 0 Å². The van der Waals surface area contributed by atoms with Crippen LogP contribution in [-0.2, 0) is 0 Å². The van der Waals surface area contributed by atoms with Crippen molar-refractivity contribution in [2.24, 2.45) is 0 Å². The summed E-state index contributed by atoms with van der Waals surface area (Å²) < 4.78 is 0. The normalized spacial score (nSPS) is 10.6. The van der Waals surface area contributed by atoms with Crippen molar-refractivity contribution >= 4 is 0 Å². The molecule has 0 saturated heterocycles. The molecule has 18 heavy (non-hydrogen) atoms. The van der Waals surface area contributed by atoms with Gasteiger partial charge in [0.15, 0.2) is 11.5 Å². The average molecular weight is 244 g/mol. The lowest BCUT2D eigenvalue weighted by molar-refractivity contribution is 0.404. The third-order valence-electron chi connectivity index (χ3n) is 3.29. The molecule has 0 radical (unpaired) electrons. The molecule has 0 saturated carbocycles. The molecule has 2 aromatic rings. The number of aromatic hydroxyl groups is 3. The van der Waals surface area contributed by atoms with E-state index >= 15 is 0 Å². The molecule has 0 aliphatic heterocycles. The van der Waals surface area contributed by atoms with Crippen molar-refractivity contribution in [2.75, 3.05) is 0 Å². The molecule has 0 atom stereocenters. The molecule has 0 bridgehead atoms. The lowest BCUT2D eigenvalue weighted by Crippen LogP contribution is -1.92. The zero-order chi connectivity index (χ0) is 13.4. The van der Waals surface area contributed by atoms with Crippen LogP contribution in [0.5, 0.6) is 17.2 Å². The Hall–Kier alpha value is -2.16. The summed E-state index contributed by atoms with van der Waals surface area (Å²) in [5.74, 6) is -0.259. The Morgan fingerprint density at radius 3 is 2.17 bits per heavy atom. The van der Waals surface area contributed by atoms with Crippen LogP contribution in [0.3, 0.4) is 0 Å². The number of phenols is 3. The predicted molar refractivity (Wildman–Crippen MR) is 71.1 cm³/mol. The molecule has 0 aliphatic carbocycles. The van der Waals surface area contributed by atoms with Gasteiger partial charge < -0.3 is 15.3 Å². The fraction of sp³-hybridized carbons (Fsp3) is 0.200. The van der Waals surface area contributed by atoms with Crippen molar-refractivity contribution in [1.82, 2.24) is 0 Å². The number of phenolic OH excluding ortho intramolecular Hbond substituents is 3. The van der Waals surface area contributed by atoms with Crippen LogP contribution in [0, 0.1) is 20.8 Å². The van der Waals surface area contributed by atoms with Crippen LogP contribution in [0.25, 0.3) is 11.1 Å². The maximum atomic E-state index is 10.2. The predicted octanol–water partition coefficient (Wildman–Crippen LogP) is 3.40. The Morgan fingerprint density at radius 1 is 0.833 bits per heavy atom. The largest absolute Gasteiger partial charge is 0.507 e. The van der Waals surface area contributed by atoms with E-state index in [1.165, 1.54) is 6.07 Å². The summed E-state index contributed by atoms with van der Waals surface area (Å²) in [5.41, 5.74) is 3.68. The second kappa shape index (κ2) is 4.26. The summed E-state index contributed by atoms with van der Waals surface area (Å²) in [6.07, 6.45) is 0. The lowest BCUT2D eigenvalue weighted by Gasteiger charge is -2.15. The van der Waals surface area contributed by atoms with Crippen LogP contribution in [-0.4, -0.2) is 15.3 Å². The van der Waals surface area contributed by atoms with E-state index in [4.69, 9.17) is 0 Å². The first-order valence-corrected chi connectivity index (χ1v) is 5.74. The minimum Gasteiger partial charge on any atom is -0.507 e. The number of para-hydroxylation sites is 1. The van der Waals surface area contributed by atoms with E-state index < -0.39 is 0 Å². The molecule has 0 fully saturated rings. The maximum absolute atomic E-state index is 10.2. The highest BCUT2D eigenvalue weighted by atomic mass is 16.3. The SMILES string of the molecule is Cc1cc(C)c(O)c(-c2cccc(O)c2O)c1C.